The highest BCUT2D eigenvalue weighted by atomic mass is 16.6. The Labute approximate surface area is 158 Å². The van der Waals surface area contributed by atoms with Gasteiger partial charge in [-0.05, 0) is 37.0 Å². The Bertz CT molecular complexity index is 751. The molecule has 7 aliphatic rings. The molecule has 4 saturated carbocycles. The number of aliphatic hydroxyl groups excluding tert-OH is 3. The summed E-state index contributed by atoms with van der Waals surface area (Å²) in [5, 5.41) is 48.9. The van der Waals surface area contributed by atoms with Gasteiger partial charge in [-0.2, -0.15) is 0 Å². The summed E-state index contributed by atoms with van der Waals surface area (Å²) in [6, 6.07) is 0. The molecule has 3 saturated heterocycles. The number of carbonyl (C=O) groups excluding carboxylic acids is 1. The van der Waals surface area contributed by atoms with Gasteiger partial charge in [0.1, 0.15) is 11.5 Å². The zero-order chi connectivity index (χ0) is 19.2. The molecule has 7 fully saturated rings. The van der Waals surface area contributed by atoms with Crippen LogP contribution in [0.25, 0.3) is 0 Å². The van der Waals surface area contributed by atoms with E-state index in [2.05, 4.69) is 19.2 Å². The van der Waals surface area contributed by atoms with E-state index in [4.69, 9.17) is 4.74 Å². The van der Waals surface area contributed by atoms with Crippen LogP contribution in [0, 0.1) is 34.0 Å². The molecule has 7 rings (SSSR count). The lowest BCUT2D eigenvalue weighted by Gasteiger charge is -2.74. The second kappa shape index (κ2) is 4.45. The van der Waals surface area contributed by atoms with Crippen LogP contribution in [-0.2, 0) is 9.53 Å². The summed E-state index contributed by atoms with van der Waals surface area (Å²) < 4.78 is 5.89. The predicted molar refractivity (Wildman–Crippen MR) is 92.2 cm³/mol. The fraction of sp³-hybridized carbons (Fsp3) is 0.950. The summed E-state index contributed by atoms with van der Waals surface area (Å²) in [5.41, 5.74) is -3.50. The number of rotatable bonds is 0. The summed E-state index contributed by atoms with van der Waals surface area (Å²) in [7, 11) is 0. The van der Waals surface area contributed by atoms with E-state index in [1.165, 1.54) is 0 Å². The average molecular weight is 379 g/mol. The van der Waals surface area contributed by atoms with Gasteiger partial charge in [-0.3, -0.25) is 4.79 Å². The maximum atomic E-state index is 13.8. The van der Waals surface area contributed by atoms with E-state index in [1.807, 2.05) is 0 Å². The molecule has 5 N–H and O–H groups in total. The lowest BCUT2D eigenvalue weighted by molar-refractivity contribution is -0.458. The van der Waals surface area contributed by atoms with Crippen LogP contribution in [0.15, 0.2) is 0 Å². The van der Waals surface area contributed by atoms with Gasteiger partial charge in [0.2, 0.25) is 5.79 Å². The van der Waals surface area contributed by atoms with Gasteiger partial charge >= 0.3 is 0 Å². The second-order valence-corrected chi connectivity index (χ2v) is 10.8. The van der Waals surface area contributed by atoms with Crippen molar-refractivity contribution in [2.45, 2.75) is 69.2 Å². The molecule has 3 spiro atoms. The Morgan fingerprint density at radius 2 is 1.81 bits per heavy atom. The molecule has 7 heteroatoms. The molecule has 4 bridgehead atoms. The monoisotopic (exact) mass is 379 g/mol. The van der Waals surface area contributed by atoms with Gasteiger partial charge in [0.25, 0.3) is 0 Å². The Hall–Kier alpha value is -0.570. The smallest absolute Gasteiger partial charge is 0.208 e. The fourth-order valence-corrected chi connectivity index (χ4v) is 8.67. The molecule has 0 aromatic heterocycles. The molecule has 150 valence electrons. The predicted octanol–water partition coefficient (Wildman–Crippen LogP) is -0.839. The van der Waals surface area contributed by atoms with Crippen molar-refractivity contribution in [1.29, 1.82) is 0 Å². The topological polar surface area (TPSA) is 129 Å². The summed E-state index contributed by atoms with van der Waals surface area (Å²) in [5.74, 6) is -3.38. The third kappa shape index (κ3) is 1.41. The largest absolute Gasteiger partial charge is 0.392 e. The number of fused-ring (bicyclic) bond motifs is 3. The molecule has 2 unspecified atom stereocenters. The lowest BCUT2D eigenvalue weighted by atomic mass is 9.35. The minimum absolute atomic E-state index is 0.118. The number of hydrogen-bond acceptors (Lipinski definition) is 7. The first-order valence-corrected chi connectivity index (χ1v) is 10.3. The van der Waals surface area contributed by atoms with Crippen LogP contribution in [0.3, 0.4) is 0 Å². The third-order valence-corrected chi connectivity index (χ3v) is 9.74. The van der Waals surface area contributed by atoms with Crippen LogP contribution >= 0.6 is 0 Å². The van der Waals surface area contributed by atoms with Gasteiger partial charge in [-0.25, -0.2) is 0 Å². The number of Topliss-reactive ketones (excluding diaryl/α,β-unsaturated/α-hetero) is 1. The number of ether oxygens (including phenoxy) is 1. The molecule has 10 atom stereocenters. The molecule has 3 aliphatic heterocycles. The van der Waals surface area contributed by atoms with Crippen molar-refractivity contribution < 1.29 is 30.0 Å². The fourth-order valence-electron chi connectivity index (χ4n) is 8.67. The van der Waals surface area contributed by atoms with Crippen molar-refractivity contribution in [3.8, 4) is 0 Å². The van der Waals surface area contributed by atoms with Crippen molar-refractivity contribution in [3.63, 3.8) is 0 Å². The highest BCUT2D eigenvalue weighted by molar-refractivity contribution is 6.02. The van der Waals surface area contributed by atoms with Gasteiger partial charge in [-0.1, -0.05) is 13.8 Å². The van der Waals surface area contributed by atoms with Gasteiger partial charge in [0.15, 0.2) is 5.78 Å². The Kier molecular flexibility index (Phi) is 2.85. The lowest BCUT2D eigenvalue weighted by Crippen LogP contribution is -2.85. The normalized spacial score (nSPS) is 65.2. The van der Waals surface area contributed by atoms with Crippen molar-refractivity contribution >= 4 is 5.78 Å². The van der Waals surface area contributed by atoms with Gasteiger partial charge in [0.05, 0.1) is 24.4 Å². The van der Waals surface area contributed by atoms with Crippen LogP contribution in [0.2, 0.25) is 0 Å². The Balaban J connectivity index is 1.64. The summed E-state index contributed by atoms with van der Waals surface area (Å²) >= 11 is 0. The van der Waals surface area contributed by atoms with E-state index < -0.39 is 46.4 Å². The number of hydrogen-bond donors (Lipinski definition) is 5. The third-order valence-electron chi connectivity index (χ3n) is 9.74. The molecule has 0 radical (unpaired) electrons. The Morgan fingerprint density at radius 1 is 1.11 bits per heavy atom. The van der Waals surface area contributed by atoms with E-state index >= 15 is 0 Å². The minimum atomic E-state index is -2.11. The number of ketones is 1. The van der Waals surface area contributed by atoms with Crippen LogP contribution < -0.4 is 5.32 Å². The maximum Gasteiger partial charge on any atom is 0.208 e. The highest BCUT2D eigenvalue weighted by Gasteiger charge is 2.90. The molecule has 27 heavy (non-hydrogen) atoms. The van der Waals surface area contributed by atoms with Crippen LogP contribution in [-0.4, -0.2) is 69.0 Å². The van der Waals surface area contributed by atoms with Crippen molar-refractivity contribution in [2.24, 2.45) is 34.0 Å². The highest BCUT2D eigenvalue weighted by Crippen LogP contribution is 2.77. The molecule has 3 heterocycles. The number of aliphatic hydroxyl groups is 4. The molecular formula is C20H29NO6. The van der Waals surface area contributed by atoms with Crippen LogP contribution in [0.4, 0.5) is 0 Å². The average Bonchev–Trinajstić information content (AvgIpc) is 3.40. The second-order valence-electron chi connectivity index (χ2n) is 10.8. The summed E-state index contributed by atoms with van der Waals surface area (Å²) in [6.45, 7) is 4.74. The van der Waals surface area contributed by atoms with Crippen molar-refractivity contribution in [2.75, 3.05) is 13.2 Å². The van der Waals surface area contributed by atoms with E-state index in [-0.39, 0.29) is 29.6 Å². The van der Waals surface area contributed by atoms with E-state index in [9.17, 15) is 25.2 Å². The maximum absolute atomic E-state index is 13.8. The minimum Gasteiger partial charge on any atom is -0.392 e. The molecule has 0 aromatic rings. The summed E-state index contributed by atoms with van der Waals surface area (Å²) in [6.07, 6.45) is -0.483. The van der Waals surface area contributed by atoms with E-state index in [0.717, 1.165) is 6.42 Å². The Morgan fingerprint density at radius 3 is 2.48 bits per heavy atom. The van der Waals surface area contributed by atoms with E-state index in [0.29, 0.717) is 25.8 Å². The first kappa shape index (κ1) is 17.3. The van der Waals surface area contributed by atoms with E-state index in [1.54, 1.807) is 0 Å². The molecule has 7 nitrogen and oxygen atoms in total. The zero-order valence-electron chi connectivity index (χ0n) is 15.8. The summed E-state index contributed by atoms with van der Waals surface area (Å²) in [4.78, 5) is 13.8. The standard InChI is InChI=1S/C20H29NO6/c1-16(2)6-5-11(22)17-8-27-20(26,14(24)12(16)17)19-10(17)4-3-9(13(19)23)18(7-21-18)15(19)25/h9-14,21-24,26H,3-8H2,1-2H3/t9-,10?,11+,12-,13-,14+,17-,18?,19-,20-/m1/s1. The molecular weight excluding hydrogens is 350 g/mol. The SMILES string of the molecule is CC1(C)CC[C@H](O)[C@]23CO[C@](O)([C@@H](O)[C@H]12)[C@]12C(=O)C4(CN4)[C@H](CCC31)[C@H]2O. The zero-order valence-corrected chi connectivity index (χ0v) is 15.8. The van der Waals surface area contributed by atoms with Crippen LogP contribution in [0.1, 0.15) is 39.5 Å². The van der Waals surface area contributed by atoms with Gasteiger partial charge < -0.3 is 30.5 Å². The molecule has 0 amide bonds. The van der Waals surface area contributed by atoms with Gasteiger partial charge in [0, 0.05) is 23.8 Å². The van der Waals surface area contributed by atoms with Crippen molar-refractivity contribution in [1.82, 2.24) is 5.32 Å². The molecule has 0 aromatic carbocycles. The number of carbonyl (C=O) groups is 1. The number of nitrogens with one attached hydrogen (secondary N) is 1. The molecule has 4 aliphatic carbocycles. The van der Waals surface area contributed by atoms with Crippen molar-refractivity contribution in [3.05, 3.63) is 0 Å². The van der Waals surface area contributed by atoms with Gasteiger partial charge in [-0.15, -0.1) is 0 Å². The quantitative estimate of drug-likeness (QED) is 0.347. The first-order chi connectivity index (χ1) is 12.6. The first-order valence-electron chi connectivity index (χ1n) is 10.3. The van der Waals surface area contributed by atoms with Crippen LogP contribution in [0.5, 0.6) is 0 Å².